The SMILES string of the molecule is COc1ccccc1C1C(C(=O)Oc2ccccc2-c2ccccc2)[C@@H](c2ccccc2OC)[C@@H]1C(=O)O. The van der Waals surface area contributed by atoms with Gasteiger partial charge in [0.25, 0.3) is 0 Å². The third-order valence-electron chi connectivity index (χ3n) is 7.28. The van der Waals surface area contributed by atoms with E-state index < -0.39 is 35.6 Å². The molecule has 1 aliphatic carbocycles. The van der Waals surface area contributed by atoms with Crippen molar-refractivity contribution in [1.29, 1.82) is 0 Å². The van der Waals surface area contributed by atoms with Gasteiger partial charge in [-0.15, -0.1) is 0 Å². The molecule has 4 aromatic rings. The predicted molar refractivity (Wildman–Crippen MR) is 144 cm³/mol. The fourth-order valence-electron chi connectivity index (χ4n) is 5.59. The zero-order valence-corrected chi connectivity index (χ0v) is 21.1. The number of methoxy groups -OCH3 is 2. The van der Waals surface area contributed by atoms with Crippen molar-refractivity contribution in [3.8, 4) is 28.4 Å². The number of carboxylic acids is 1. The molecule has 4 atom stereocenters. The number of carboxylic acid groups (broad SMARTS) is 1. The van der Waals surface area contributed by atoms with Crippen LogP contribution in [0, 0.1) is 11.8 Å². The third kappa shape index (κ3) is 4.50. The molecule has 1 fully saturated rings. The van der Waals surface area contributed by atoms with Crippen LogP contribution in [0.3, 0.4) is 0 Å². The smallest absolute Gasteiger partial charge is 0.315 e. The topological polar surface area (TPSA) is 82.1 Å². The molecule has 38 heavy (non-hydrogen) atoms. The minimum absolute atomic E-state index is 0.417. The summed E-state index contributed by atoms with van der Waals surface area (Å²) < 4.78 is 17.2. The highest BCUT2D eigenvalue weighted by molar-refractivity contribution is 5.87. The molecule has 0 amide bonds. The summed E-state index contributed by atoms with van der Waals surface area (Å²) in [6.45, 7) is 0. The summed E-state index contributed by atoms with van der Waals surface area (Å²) >= 11 is 0. The van der Waals surface area contributed by atoms with Crippen LogP contribution >= 0.6 is 0 Å². The van der Waals surface area contributed by atoms with Gasteiger partial charge >= 0.3 is 11.9 Å². The summed E-state index contributed by atoms with van der Waals surface area (Å²) in [4.78, 5) is 26.7. The Kier molecular flexibility index (Phi) is 7.13. The molecule has 5 rings (SSSR count). The number of rotatable bonds is 8. The van der Waals surface area contributed by atoms with Gasteiger partial charge in [-0.25, -0.2) is 0 Å². The summed E-state index contributed by atoms with van der Waals surface area (Å²) in [6, 6.07) is 31.5. The quantitative estimate of drug-likeness (QED) is 0.226. The molecule has 0 saturated heterocycles. The van der Waals surface area contributed by atoms with Gasteiger partial charge in [0.15, 0.2) is 0 Å². The van der Waals surface area contributed by atoms with Crippen molar-refractivity contribution in [1.82, 2.24) is 0 Å². The van der Waals surface area contributed by atoms with E-state index in [1.165, 1.54) is 14.2 Å². The first-order chi connectivity index (χ1) is 18.5. The third-order valence-corrected chi connectivity index (χ3v) is 7.28. The lowest BCUT2D eigenvalue weighted by molar-refractivity contribution is -0.158. The van der Waals surface area contributed by atoms with Gasteiger partial charge < -0.3 is 19.3 Å². The Morgan fingerprint density at radius 2 is 1.08 bits per heavy atom. The van der Waals surface area contributed by atoms with E-state index in [4.69, 9.17) is 14.2 Å². The Balaban J connectivity index is 1.60. The Hall–Kier alpha value is -4.58. The Labute approximate surface area is 221 Å². The van der Waals surface area contributed by atoms with Crippen molar-refractivity contribution in [2.24, 2.45) is 11.8 Å². The molecule has 4 aromatic carbocycles. The molecule has 0 aromatic heterocycles. The lowest BCUT2D eigenvalue weighted by Gasteiger charge is -2.49. The monoisotopic (exact) mass is 508 g/mol. The second kappa shape index (κ2) is 10.8. The van der Waals surface area contributed by atoms with Crippen molar-refractivity contribution >= 4 is 11.9 Å². The minimum atomic E-state index is -0.995. The van der Waals surface area contributed by atoms with E-state index in [9.17, 15) is 14.7 Å². The van der Waals surface area contributed by atoms with Crippen LogP contribution in [0.2, 0.25) is 0 Å². The molecule has 0 radical (unpaired) electrons. The normalized spacial score (nSPS) is 20.2. The summed E-state index contributed by atoms with van der Waals surface area (Å²) in [7, 11) is 3.07. The number of carbonyl (C=O) groups is 2. The Morgan fingerprint density at radius 1 is 0.605 bits per heavy atom. The molecule has 0 heterocycles. The maximum atomic E-state index is 14.0. The van der Waals surface area contributed by atoms with Gasteiger partial charge in [0.2, 0.25) is 0 Å². The fraction of sp³-hybridized carbons (Fsp3) is 0.188. The standard InChI is InChI=1S/C32H28O6/c1-36-24-17-9-7-15-22(24)27-29(31(33)34)28(23-16-8-10-18-25(23)37-2)30(27)32(35)38-26-19-11-6-14-21(26)20-12-4-3-5-13-20/h3-19,27-30H,1-2H3,(H,33,34)/t27-,28?,29-,30?/m0/s1. The van der Waals surface area contributed by atoms with E-state index in [0.29, 0.717) is 28.4 Å². The summed E-state index contributed by atoms with van der Waals surface area (Å²) in [6.07, 6.45) is 0. The highest BCUT2D eigenvalue weighted by Crippen LogP contribution is 2.60. The second-order valence-electron chi connectivity index (χ2n) is 9.21. The van der Waals surface area contributed by atoms with Gasteiger partial charge in [0.1, 0.15) is 17.2 Å². The molecule has 1 saturated carbocycles. The van der Waals surface area contributed by atoms with Crippen molar-refractivity contribution in [2.75, 3.05) is 14.2 Å². The van der Waals surface area contributed by atoms with Crippen LogP contribution in [0.15, 0.2) is 103 Å². The average Bonchev–Trinajstić information content (AvgIpc) is 2.93. The van der Waals surface area contributed by atoms with Gasteiger partial charge in [-0.05, 0) is 34.9 Å². The average molecular weight is 509 g/mol. The Bertz CT molecular complexity index is 1390. The molecule has 192 valence electrons. The van der Waals surface area contributed by atoms with Gasteiger partial charge in [0, 0.05) is 17.4 Å². The largest absolute Gasteiger partial charge is 0.496 e. The molecule has 6 heteroatoms. The van der Waals surface area contributed by atoms with Crippen molar-refractivity contribution in [3.05, 3.63) is 114 Å². The van der Waals surface area contributed by atoms with Crippen molar-refractivity contribution < 1.29 is 28.9 Å². The molecule has 0 spiro atoms. The van der Waals surface area contributed by atoms with Crippen LogP contribution in [0.4, 0.5) is 0 Å². The van der Waals surface area contributed by atoms with Crippen LogP contribution in [0.1, 0.15) is 23.0 Å². The summed E-state index contributed by atoms with van der Waals surface area (Å²) in [5.74, 6) is -3.00. The van der Waals surface area contributed by atoms with Gasteiger partial charge in [-0.3, -0.25) is 9.59 Å². The zero-order valence-electron chi connectivity index (χ0n) is 21.1. The first kappa shape index (κ1) is 25.1. The van der Waals surface area contributed by atoms with Crippen LogP contribution in [0.25, 0.3) is 11.1 Å². The van der Waals surface area contributed by atoms with Crippen LogP contribution in [-0.2, 0) is 9.59 Å². The second-order valence-corrected chi connectivity index (χ2v) is 9.21. The van der Waals surface area contributed by atoms with Crippen molar-refractivity contribution in [2.45, 2.75) is 11.8 Å². The molecule has 1 N–H and O–H groups in total. The first-order valence-electron chi connectivity index (χ1n) is 12.4. The van der Waals surface area contributed by atoms with E-state index in [1.807, 2.05) is 84.9 Å². The fourth-order valence-corrected chi connectivity index (χ4v) is 5.59. The molecule has 2 unspecified atom stereocenters. The first-order valence-corrected chi connectivity index (χ1v) is 12.4. The summed E-state index contributed by atoms with van der Waals surface area (Å²) in [5.41, 5.74) is 3.01. The number of hydrogen-bond donors (Lipinski definition) is 1. The number of para-hydroxylation sites is 3. The lowest BCUT2D eigenvalue weighted by atomic mass is 9.52. The minimum Gasteiger partial charge on any atom is -0.496 e. The van der Waals surface area contributed by atoms with Crippen LogP contribution in [-0.4, -0.2) is 31.3 Å². The highest BCUT2D eigenvalue weighted by atomic mass is 16.5. The van der Waals surface area contributed by atoms with Crippen molar-refractivity contribution in [3.63, 3.8) is 0 Å². The predicted octanol–water partition coefficient (Wildman–Crippen LogP) is 6.17. The number of esters is 1. The van der Waals surface area contributed by atoms with E-state index in [-0.39, 0.29) is 0 Å². The molecule has 0 bridgehead atoms. The highest BCUT2D eigenvalue weighted by Gasteiger charge is 2.60. The Morgan fingerprint density at radius 3 is 1.61 bits per heavy atom. The number of hydrogen-bond acceptors (Lipinski definition) is 5. The zero-order chi connectivity index (χ0) is 26.6. The molecule has 0 aliphatic heterocycles. The molecule has 1 aliphatic rings. The van der Waals surface area contributed by atoms with E-state index >= 15 is 0 Å². The lowest BCUT2D eigenvalue weighted by Crippen LogP contribution is -2.52. The number of ether oxygens (including phenoxy) is 3. The van der Waals surface area contributed by atoms with Gasteiger partial charge in [0.05, 0.1) is 26.1 Å². The molecular formula is C32H28O6. The maximum absolute atomic E-state index is 14.0. The summed E-state index contributed by atoms with van der Waals surface area (Å²) in [5, 5.41) is 10.4. The van der Waals surface area contributed by atoms with E-state index in [0.717, 1.165) is 11.1 Å². The van der Waals surface area contributed by atoms with Gasteiger partial charge in [-0.2, -0.15) is 0 Å². The number of carbonyl (C=O) groups excluding carboxylic acids is 1. The van der Waals surface area contributed by atoms with Crippen LogP contribution < -0.4 is 14.2 Å². The van der Waals surface area contributed by atoms with Gasteiger partial charge in [-0.1, -0.05) is 84.9 Å². The van der Waals surface area contributed by atoms with E-state index in [2.05, 4.69) is 0 Å². The number of benzene rings is 4. The van der Waals surface area contributed by atoms with Crippen LogP contribution in [0.5, 0.6) is 17.2 Å². The number of aliphatic carboxylic acids is 1. The van der Waals surface area contributed by atoms with E-state index in [1.54, 1.807) is 18.2 Å². The maximum Gasteiger partial charge on any atom is 0.315 e. The molecule has 6 nitrogen and oxygen atoms in total. The molecular weight excluding hydrogens is 480 g/mol.